The van der Waals surface area contributed by atoms with E-state index in [9.17, 15) is 65.3 Å². The maximum Gasteiger partial charge on any atom is 0.333 e. The van der Waals surface area contributed by atoms with Gasteiger partial charge in [0.25, 0.3) is 43.4 Å². The second-order valence-corrected chi connectivity index (χ2v) is 33.0. The standard InChI is InChI=1S/C43H48N4O9S.C39H45N3O7S/c1-29-15-21-35-33(27-29)42(2,3)37(45(35)26-10-11-30-16-18-31(19-17-30)47(51)52)12-9-13-38-43(4,5)34-28-32(57(53,54)55)20-22-36(34)44(38)25-8-6-7-14-41(50)56-46-39(48)23-24-40(46)49;1-27-15-21-33-31(25-27)38(2,3)35(41(33)24-10-11-28-16-18-29(19-17-28)42(45)46)12-9-13-36-39(4,5)32-26-30(50(47,48)49)20-22-34(32)40(36)23-8-6-7-14-37(43)44/h9,12-13,15-22,27-28H,6-8,10-11,14,23-26H2,1-5H3;9,12-13,15-22,25-26H,6-8,10-11,14,23-24H2,1-5H3,(H-,43,44,47,48,49)/p+2. The summed E-state index contributed by atoms with van der Waals surface area (Å²) in [4.78, 5) is 77.9. The maximum atomic E-state index is 12.4. The Hall–Kier alpha value is -10.1. The number of unbranched alkanes of at least 4 members (excludes halogenated alkanes) is 4. The minimum atomic E-state index is -4.44. The third kappa shape index (κ3) is 17.7. The summed E-state index contributed by atoms with van der Waals surface area (Å²) in [5.74, 6) is -2.49. The van der Waals surface area contributed by atoms with Crippen LogP contribution in [0.4, 0.5) is 34.1 Å². The lowest BCUT2D eigenvalue weighted by molar-refractivity contribution is -0.438. The number of aliphatic carboxylic acids is 1. The quantitative estimate of drug-likeness (QED) is 0.00981. The van der Waals surface area contributed by atoms with E-state index in [-0.39, 0.29) is 62.6 Å². The number of nitro benzene ring substituents is 2. The van der Waals surface area contributed by atoms with Crippen LogP contribution >= 0.6 is 0 Å². The van der Waals surface area contributed by atoms with Crippen LogP contribution in [0.15, 0.2) is 179 Å². The average Bonchev–Trinajstić information content (AvgIpc) is 1.61. The van der Waals surface area contributed by atoms with Gasteiger partial charge in [0.2, 0.25) is 11.4 Å². The van der Waals surface area contributed by atoms with Gasteiger partial charge in [-0.25, -0.2) is 4.79 Å². The summed E-state index contributed by atoms with van der Waals surface area (Å²) in [6, 6.07) is 35.8. The number of nitro groups is 2. The molecule has 6 aromatic carbocycles. The van der Waals surface area contributed by atoms with E-state index in [0.29, 0.717) is 43.8 Å². The molecule has 564 valence electrons. The number of nitrogens with zero attached hydrogens (tertiary/aromatic N) is 7. The molecule has 5 aliphatic rings. The van der Waals surface area contributed by atoms with Gasteiger partial charge in [-0.15, -0.1) is 5.06 Å². The van der Waals surface area contributed by atoms with Crippen LogP contribution in [0.2, 0.25) is 0 Å². The number of carbonyl (C=O) groups is 4. The van der Waals surface area contributed by atoms with E-state index in [2.05, 4.69) is 127 Å². The Morgan fingerprint density at radius 2 is 0.907 bits per heavy atom. The molecule has 0 spiro atoms. The second kappa shape index (κ2) is 32.2. The highest BCUT2D eigenvalue weighted by molar-refractivity contribution is 7.86. The average molecular weight is 1500 g/mol. The molecule has 11 rings (SSSR count). The van der Waals surface area contributed by atoms with Crippen LogP contribution < -0.4 is 9.80 Å². The van der Waals surface area contributed by atoms with Gasteiger partial charge in [-0.2, -0.15) is 26.0 Å². The molecule has 1 saturated heterocycles. The Kier molecular flexibility index (Phi) is 23.9. The fourth-order valence-electron chi connectivity index (χ4n) is 15.3. The monoisotopic (exact) mass is 1500 g/mol. The highest BCUT2D eigenvalue weighted by Gasteiger charge is 2.48. The summed E-state index contributed by atoms with van der Waals surface area (Å²) in [5, 5.41) is 31.9. The molecule has 0 unspecified atom stereocenters. The van der Waals surface area contributed by atoms with Gasteiger partial charge in [-0.3, -0.25) is 43.7 Å². The number of amides is 2. The number of benzene rings is 6. The predicted octanol–water partition coefficient (Wildman–Crippen LogP) is 15.6. The summed E-state index contributed by atoms with van der Waals surface area (Å²) in [5.41, 5.74) is 14.9. The number of rotatable bonds is 29. The summed E-state index contributed by atoms with van der Waals surface area (Å²) >= 11 is 0. The van der Waals surface area contributed by atoms with Crippen molar-refractivity contribution in [3.63, 3.8) is 0 Å². The third-order valence-corrected chi connectivity index (χ3v) is 22.9. The van der Waals surface area contributed by atoms with Gasteiger partial charge in [-0.05, 0) is 164 Å². The number of allylic oxidation sites excluding steroid dienone is 8. The Labute approximate surface area is 625 Å². The number of carboxylic acids is 1. The van der Waals surface area contributed by atoms with Crippen molar-refractivity contribution in [3.05, 3.63) is 234 Å². The van der Waals surface area contributed by atoms with Crippen LogP contribution in [0, 0.1) is 34.1 Å². The Morgan fingerprint density at radius 3 is 1.28 bits per heavy atom. The molecule has 0 radical (unpaired) electrons. The number of hydrogen-bond donors (Lipinski definition) is 3. The SMILES string of the molecule is Cc1ccc2c(c1)C(C)(C)C(=CC=CC1=[N+](CCCCCC(=O)O)c3ccc(S(=O)(=O)O)cc3C1(C)C)N2CCCc1ccc([N+](=O)[O-])cc1.Cc1ccc2c(c1)C(C)(C)C(=CC=CC1=[N+](CCCCCC(=O)ON3C(=O)CCC3=O)c3ccc(S(=O)(=O)O)cc3C1(C)C)N2CCCc1ccc([N+](=O)[O-])cc1. The van der Waals surface area contributed by atoms with E-state index >= 15 is 0 Å². The number of non-ortho nitro benzene ring substituents is 2. The highest BCUT2D eigenvalue weighted by Crippen LogP contribution is 2.51. The molecular weight excluding hydrogens is 1400 g/mol. The fraction of sp³-hybridized carbons (Fsp3) is 0.390. The van der Waals surface area contributed by atoms with E-state index < -0.39 is 59.7 Å². The molecule has 23 nitrogen and oxygen atoms in total. The van der Waals surface area contributed by atoms with E-state index in [1.807, 2.05) is 58.0 Å². The van der Waals surface area contributed by atoms with Crippen molar-refractivity contribution in [3.8, 4) is 0 Å². The largest absolute Gasteiger partial charge is 0.481 e. The van der Waals surface area contributed by atoms with E-state index in [1.54, 1.807) is 30.3 Å². The molecule has 5 aliphatic heterocycles. The number of fused-ring (bicyclic) bond motifs is 4. The first-order valence-corrected chi connectivity index (χ1v) is 39.1. The Bertz CT molecular complexity index is 4930. The lowest BCUT2D eigenvalue weighted by Crippen LogP contribution is -2.31. The van der Waals surface area contributed by atoms with Crippen LogP contribution in [0.25, 0.3) is 0 Å². The van der Waals surface area contributed by atoms with Gasteiger partial charge in [0, 0.05) is 145 Å². The zero-order valence-corrected chi connectivity index (χ0v) is 64.0. The van der Waals surface area contributed by atoms with Crippen LogP contribution in [-0.4, -0.2) is 116 Å². The lowest BCUT2D eigenvalue weighted by Gasteiger charge is -2.27. The molecule has 1 fully saturated rings. The molecule has 0 aromatic heterocycles. The van der Waals surface area contributed by atoms with Crippen molar-refractivity contribution in [1.82, 2.24) is 5.06 Å². The fourth-order valence-corrected chi connectivity index (χ4v) is 16.3. The highest BCUT2D eigenvalue weighted by atomic mass is 32.2. The van der Waals surface area contributed by atoms with Crippen molar-refractivity contribution >= 4 is 89.5 Å². The minimum absolute atomic E-state index is 0.0331. The number of hydrogen-bond acceptors (Lipinski definition) is 15. The summed E-state index contributed by atoms with van der Waals surface area (Å²) in [7, 11) is -8.84. The smallest absolute Gasteiger partial charge is 0.333 e. The van der Waals surface area contributed by atoms with Crippen molar-refractivity contribution in [2.75, 3.05) is 36.0 Å². The Balaban J connectivity index is 0.000000231. The van der Waals surface area contributed by atoms with Crippen molar-refractivity contribution in [2.24, 2.45) is 0 Å². The van der Waals surface area contributed by atoms with Gasteiger partial charge in [-0.1, -0.05) is 99.5 Å². The van der Waals surface area contributed by atoms with Crippen molar-refractivity contribution < 1.29 is 74.1 Å². The zero-order chi connectivity index (χ0) is 77.7. The molecule has 0 bridgehead atoms. The van der Waals surface area contributed by atoms with Gasteiger partial charge in [0.05, 0.1) is 30.5 Å². The predicted molar refractivity (Wildman–Crippen MR) is 410 cm³/mol. The molecule has 5 heterocycles. The first-order chi connectivity index (χ1) is 50.4. The summed E-state index contributed by atoms with van der Waals surface area (Å²) in [6.45, 7) is 23.8. The zero-order valence-electron chi connectivity index (χ0n) is 62.3. The summed E-state index contributed by atoms with van der Waals surface area (Å²) in [6.07, 6.45) is 19.8. The Morgan fingerprint density at radius 1 is 0.514 bits per heavy atom. The number of carboxylic acid groups (broad SMARTS) is 1. The first kappa shape index (κ1) is 79.5. The van der Waals surface area contributed by atoms with Gasteiger partial charge in [0.1, 0.15) is 13.1 Å². The molecule has 3 N–H and O–H groups in total. The minimum Gasteiger partial charge on any atom is -0.481 e. The van der Waals surface area contributed by atoms with E-state index in [0.717, 1.165) is 119 Å². The molecule has 0 atom stereocenters. The lowest BCUT2D eigenvalue weighted by atomic mass is 9.81. The number of aryl methyl sites for hydroxylation is 4. The van der Waals surface area contributed by atoms with Crippen LogP contribution in [0.1, 0.15) is 177 Å². The second-order valence-electron chi connectivity index (χ2n) is 30.2. The normalized spacial score (nSPS) is 17.5. The van der Waals surface area contributed by atoms with Crippen LogP contribution in [0.3, 0.4) is 0 Å². The maximum absolute atomic E-state index is 12.4. The van der Waals surface area contributed by atoms with E-state index in [4.69, 9.17) is 9.94 Å². The number of carbonyl (C=O) groups excluding carboxylic acids is 3. The van der Waals surface area contributed by atoms with Gasteiger partial charge < -0.3 is 19.7 Å². The van der Waals surface area contributed by atoms with Gasteiger partial charge in [0.15, 0.2) is 11.4 Å². The van der Waals surface area contributed by atoms with Crippen LogP contribution in [0.5, 0.6) is 0 Å². The van der Waals surface area contributed by atoms with Crippen LogP contribution in [-0.2, 0) is 78.8 Å². The molecule has 2 amide bonds. The van der Waals surface area contributed by atoms with Crippen molar-refractivity contribution in [2.45, 2.75) is 191 Å². The molecule has 107 heavy (non-hydrogen) atoms. The van der Waals surface area contributed by atoms with E-state index in [1.165, 1.54) is 52.6 Å². The third-order valence-electron chi connectivity index (χ3n) is 21.2. The molecular formula is C82H95N7O16S2+2. The van der Waals surface area contributed by atoms with Gasteiger partial charge >= 0.3 is 11.9 Å². The number of imide groups is 1. The molecule has 6 aromatic rings. The topological polar surface area (TPSA) is 308 Å². The number of anilines is 2. The van der Waals surface area contributed by atoms with Crippen molar-refractivity contribution in [1.29, 1.82) is 0 Å². The molecule has 25 heteroatoms. The summed E-state index contributed by atoms with van der Waals surface area (Å²) < 4.78 is 72.5. The molecule has 0 aliphatic carbocycles. The first-order valence-electron chi connectivity index (χ1n) is 36.2. The number of hydroxylamine groups is 2. The molecule has 0 saturated carbocycles.